The van der Waals surface area contributed by atoms with Crippen molar-refractivity contribution >= 4 is 13.4 Å². The van der Waals surface area contributed by atoms with Crippen LogP contribution in [0, 0.1) is 11.1 Å². The number of hydrogen-bond donors (Lipinski definition) is 2. The summed E-state index contributed by atoms with van der Waals surface area (Å²) in [6.45, 7) is 5.89. The van der Waals surface area contributed by atoms with Crippen molar-refractivity contribution in [1.29, 1.82) is 11.1 Å². The van der Waals surface area contributed by atoms with Gasteiger partial charge >= 0.3 is 0 Å². The smallest absolute Gasteiger partial charge is 0.0151 e. The second kappa shape index (κ2) is 30.9. The molecule has 0 radical (unpaired) electrons. The summed E-state index contributed by atoms with van der Waals surface area (Å²) in [5, 5.41) is 22.1. The summed E-state index contributed by atoms with van der Waals surface area (Å²) in [6.07, 6.45) is 0. The quantitative estimate of drug-likeness (QED) is 0.391. The second-order valence-corrected chi connectivity index (χ2v) is 0.841. The minimum atomic E-state index is 0. The van der Waals surface area contributed by atoms with Crippen LogP contribution >= 0.6 is 0 Å². The van der Waals surface area contributed by atoms with Crippen LogP contribution in [0.2, 0.25) is 0 Å². The van der Waals surface area contributed by atoms with E-state index in [0.717, 1.165) is 0 Å². The summed E-state index contributed by atoms with van der Waals surface area (Å²) < 4.78 is 0. The van der Waals surface area contributed by atoms with Crippen LogP contribution in [0.1, 0.15) is 14.9 Å². The first-order valence-electron chi connectivity index (χ1n) is 2.28. The predicted molar refractivity (Wildman–Crippen MR) is 52.6 cm³/mol. The highest BCUT2D eigenvalue weighted by molar-refractivity contribution is 5.22. The Kier molecular flexibility index (Phi) is 49.9. The average Bonchev–Trinajstić information content (AvgIpc) is 2.12. The fraction of sp³-hybridized carbons (Fsp3) is 0.500. The molecule has 80 valence electrons. The van der Waals surface area contributed by atoms with Gasteiger partial charge in [0.1, 0.15) is 0 Å². The summed E-state index contributed by atoms with van der Waals surface area (Å²) in [5.74, 6) is 0. The van der Waals surface area contributed by atoms with Crippen LogP contribution < -0.4 is 0 Å². The molecule has 10 nitrogen and oxygen atoms in total. The lowest BCUT2D eigenvalue weighted by atomic mass is 11.7. The van der Waals surface area contributed by atoms with Crippen molar-refractivity contribution in [3.05, 3.63) is 0 Å². The molecule has 0 amide bonds. The highest BCUT2D eigenvalue weighted by Crippen LogP contribution is 1.71. The summed E-state index contributed by atoms with van der Waals surface area (Å²) in [4.78, 5) is 0. The van der Waals surface area contributed by atoms with Crippen molar-refractivity contribution in [2.75, 3.05) is 0 Å². The van der Waals surface area contributed by atoms with Crippen molar-refractivity contribution in [2.45, 2.75) is 14.9 Å². The normalized spacial score (nSPS) is 7.43. The Hall–Kier alpha value is -2.26. The highest BCUT2D eigenvalue weighted by Gasteiger charge is 1.50. The number of nitrogens with one attached hydrogen (secondary N) is 2. The van der Waals surface area contributed by atoms with Gasteiger partial charge in [0.2, 0.25) is 0 Å². The lowest BCUT2D eigenvalue weighted by Gasteiger charge is -1.58. The van der Waals surface area contributed by atoms with Gasteiger partial charge in [0, 0.05) is 13.4 Å². The molecule has 0 atom stereocenters. The maximum atomic E-state index is 5.98. The molecule has 0 aliphatic carbocycles. The van der Waals surface area contributed by atoms with Gasteiger partial charge in [-0.1, -0.05) is 14.9 Å². The van der Waals surface area contributed by atoms with Crippen LogP contribution in [-0.4, -0.2) is 13.4 Å². The first-order valence-corrected chi connectivity index (χ1v) is 2.28. The van der Waals surface area contributed by atoms with E-state index in [1.54, 1.807) is 0 Å². The first-order chi connectivity index (χ1) is 5.83. The molecular weight excluding hydrogens is 188 g/mol. The van der Waals surface area contributed by atoms with E-state index in [9.17, 15) is 0 Å². The zero-order valence-corrected chi connectivity index (χ0v) is 5.99. The summed E-state index contributed by atoms with van der Waals surface area (Å²) in [6, 6.07) is 0. The first kappa shape index (κ1) is 22.6. The molecule has 0 saturated carbocycles. The molecule has 0 fully saturated rings. The third-order valence-corrected chi connectivity index (χ3v) is 0.296. The second-order valence-electron chi connectivity index (χ2n) is 0.841. The van der Waals surface area contributed by atoms with E-state index in [1.165, 1.54) is 0 Å². The number of hydrogen-bond acceptors (Lipinski definition) is 4. The van der Waals surface area contributed by atoms with Gasteiger partial charge in [-0.05, 0) is 31.3 Å². The van der Waals surface area contributed by atoms with Crippen LogP contribution in [0.15, 0.2) is 41.5 Å². The van der Waals surface area contributed by atoms with Gasteiger partial charge in [0.05, 0.1) is 0 Å². The zero-order valence-electron chi connectivity index (χ0n) is 5.99. The molecule has 0 spiro atoms. The van der Waals surface area contributed by atoms with E-state index < -0.39 is 0 Å². The molecule has 0 unspecified atom stereocenters. The molecule has 0 rings (SSSR count). The topological polar surface area (TPSA) is 147 Å². The van der Waals surface area contributed by atoms with Crippen LogP contribution in [0.25, 0.3) is 0 Å². The van der Waals surface area contributed by atoms with E-state index in [1.807, 2.05) is 0 Å². The Morgan fingerprint density at radius 2 is 0.929 bits per heavy atom. The van der Waals surface area contributed by atoms with Crippen molar-refractivity contribution in [2.24, 2.45) is 41.5 Å². The molecule has 0 aromatic heterocycles. The Bertz CT molecular complexity index is 150. The standard InChI is InChI=1S/2CH3N5.2CH4/c2*1-3-5-6-4-2;;/h2*2H,1H2;2*1H4/b2*4-2?,6-5+;;. The number of nitrogens with zero attached hydrogens (tertiary/aromatic N) is 8. The minimum absolute atomic E-state index is 0. The van der Waals surface area contributed by atoms with Crippen molar-refractivity contribution in [3.63, 3.8) is 0 Å². The van der Waals surface area contributed by atoms with E-state index in [2.05, 4.69) is 55.0 Å². The molecule has 10 heteroatoms. The molecule has 0 aliphatic rings. The maximum Gasteiger partial charge on any atom is 0.0151 e. The molecular formula is C4H14N10. The van der Waals surface area contributed by atoms with Gasteiger partial charge in [-0.2, -0.15) is 11.1 Å². The minimum Gasteiger partial charge on any atom is -0.183 e. The third-order valence-electron chi connectivity index (χ3n) is 0.296. The summed E-state index contributed by atoms with van der Waals surface area (Å²) in [7, 11) is 0. The van der Waals surface area contributed by atoms with Gasteiger partial charge < -0.3 is 0 Å². The fourth-order valence-electron chi connectivity index (χ4n) is 0.0966. The number of rotatable bonds is 4. The van der Waals surface area contributed by atoms with Gasteiger partial charge in [-0.15, -0.1) is 10.2 Å². The van der Waals surface area contributed by atoms with Crippen LogP contribution in [-0.2, 0) is 0 Å². The lowest BCUT2D eigenvalue weighted by Crippen LogP contribution is -1.38. The Labute approximate surface area is 81.9 Å². The monoisotopic (exact) mass is 202 g/mol. The SMILES string of the molecule is C.C.C=N/N=N/N=N.C=N/N=N/N=N. The maximum absolute atomic E-state index is 5.98. The Morgan fingerprint density at radius 1 is 0.643 bits per heavy atom. The summed E-state index contributed by atoms with van der Waals surface area (Å²) in [5.41, 5.74) is 12.0. The van der Waals surface area contributed by atoms with Gasteiger partial charge in [-0.25, -0.2) is 0 Å². The Balaban J connectivity index is -0.0000000625. The zero-order chi connectivity index (χ0) is 9.66. The van der Waals surface area contributed by atoms with Crippen LogP contribution in [0.5, 0.6) is 0 Å². The Morgan fingerprint density at radius 3 is 1.00 bits per heavy atom. The van der Waals surface area contributed by atoms with Crippen LogP contribution in [0.4, 0.5) is 0 Å². The fourth-order valence-corrected chi connectivity index (χ4v) is 0.0966. The molecule has 2 N–H and O–H groups in total. The van der Waals surface area contributed by atoms with Crippen molar-refractivity contribution in [1.82, 2.24) is 0 Å². The highest BCUT2D eigenvalue weighted by atomic mass is 15.5. The van der Waals surface area contributed by atoms with Crippen molar-refractivity contribution < 1.29 is 0 Å². The molecule has 0 aliphatic heterocycles. The van der Waals surface area contributed by atoms with Gasteiger partial charge in [0.15, 0.2) is 0 Å². The molecule has 0 saturated heterocycles. The molecule has 0 aromatic rings. The molecule has 0 aromatic carbocycles. The lowest BCUT2D eigenvalue weighted by molar-refractivity contribution is 0.863. The molecule has 14 heavy (non-hydrogen) atoms. The molecule has 0 heterocycles. The van der Waals surface area contributed by atoms with Gasteiger partial charge in [0.25, 0.3) is 0 Å². The summed E-state index contributed by atoms with van der Waals surface area (Å²) >= 11 is 0. The van der Waals surface area contributed by atoms with Gasteiger partial charge in [-0.3, -0.25) is 0 Å². The molecule has 0 bridgehead atoms. The largest absolute Gasteiger partial charge is 0.183 e. The third kappa shape index (κ3) is 53.2. The van der Waals surface area contributed by atoms with E-state index in [0.29, 0.717) is 0 Å². The van der Waals surface area contributed by atoms with Crippen molar-refractivity contribution in [3.8, 4) is 0 Å². The van der Waals surface area contributed by atoms with E-state index in [4.69, 9.17) is 11.1 Å². The van der Waals surface area contributed by atoms with E-state index in [-0.39, 0.29) is 14.9 Å². The van der Waals surface area contributed by atoms with E-state index >= 15 is 0 Å². The predicted octanol–water partition coefficient (Wildman–Crippen LogP) is 3.27. The van der Waals surface area contributed by atoms with Crippen LogP contribution in [0.3, 0.4) is 0 Å². The average molecular weight is 202 g/mol.